The Morgan fingerprint density at radius 2 is 1.00 bits per heavy atom. The number of hydrogen-bond donors (Lipinski definition) is 4. The van der Waals surface area contributed by atoms with Gasteiger partial charge in [0.2, 0.25) is 0 Å². The monoisotopic (exact) mass is 1030 g/mol. The lowest BCUT2D eigenvalue weighted by molar-refractivity contribution is 0.0486. The zero-order valence-electron chi connectivity index (χ0n) is 41.8. The molecule has 18 nitrogen and oxygen atoms in total. The van der Waals surface area contributed by atoms with E-state index >= 15 is 0 Å². The van der Waals surface area contributed by atoms with Gasteiger partial charge in [0, 0.05) is 37.4 Å². The molecule has 2 aromatic heterocycles. The van der Waals surface area contributed by atoms with Crippen molar-refractivity contribution >= 4 is 33.6 Å². The smallest absolute Gasteiger partial charge is 0.331 e. The van der Waals surface area contributed by atoms with Crippen LogP contribution in [0.3, 0.4) is 0 Å². The van der Waals surface area contributed by atoms with Gasteiger partial charge in [-0.15, -0.1) is 0 Å². The van der Waals surface area contributed by atoms with Crippen molar-refractivity contribution in [3.63, 3.8) is 0 Å². The summed E-state index contributed by atoms with van der Waals surface area (Å²) < 4.78 is 23.9. The number of hydrogen-bond acceptors (Lipinski definition) is 12. The molecule has 0 bridgehead atoms. The van der Waals surface area contributed by atoms with Crippen LogP contribution in [0.5, 0.6) is 11.5 Å². The lowest BCUT2D eigenvalue weighted by atomic mass is 9.98. The first-order chi connectivity index (χ1) is 37.1. The van der Waals surface area contributed by atoms with Crippen LogP contribution in [-0.4, -0.2) is 91.5 Å². The van der Waals surface area contributed by atoms with E-state index < -0.39 is 28.8 Å². The molecule has 1 fully saturated rings. The highest BCUT2D eigenvalue weighted by Gasteiger charge is 2.21. The number of aryl methyl sites for hydroxylation is 2. The van der Waals surface area contributed by atoms with Gasteiger partial charge in [0.1, 0.15) is 24.7 Å². The van der Waals surface area contributed by atoms with Crippen LogP contribution in [0, 0.1) is 5.92 Å². The predicted octanol–water partition coefficient (Wildman–Crippen LogP) is 5.65. The van der Waals surface area contributed by atoms with Crippen molar-refractivity contribution in [3.8, 4) is 11.5 Å². The maximum atomic E-state index is 13.9. The van der Waals surface area contributed by atoms with Crippen molar-refractivity contribution in [2.75, 3.05) is 46.1 Å². The van der Waals surface area contributed by atoms with Gasteiger partial charge in [-0.25, -0.2) is 20.5 Å². The number of carbonyl (C=O) groups excluding carboxylic acids is 2. The van der Waals surface area contributed by atoms with E-state index in [4.69, 9.17) is 24.6 Å². The van der Waals surface area contributed by atoms with Crippen LogP contribution in [-0.2, 0) is 43.8 Å². The largest absolute Gasteiger partial charge is 0.492 e. The molecule has 0 unspecified atom stereocenters. The van der Waals surface area contributed by atoms with Crippen molar-refractivity contribution in [1.29, 1.82) is 0 Å². The van der Waals surface area contributed by atoms with E-state index in [9.17, 15) is 28.8 Å². The predicted molar refractivity (Wildman–Crippen MR) is 286 cm³/mol. The summed E-state index contributed by atoms with van der Waals surface area (Å²) in [5.41, 5.74) is 6.52. The van der Waals surface area contributed by atoms with Crippen LogP contribution in [0.4, 0.5) is 0 Å². The molecular weight excluding hydrogens is 971 g/mol. The Kier molecular flexibility index (Phi) is 17.1. The molecule has 4 N–H and O–H groups in total. The maximum absolute atomic E-state index is 13.9. The Balaban J connectivity index is 0.720. The van der Waals surface area contributed by atoms with Gasteiger partial charge in [-0.05, 0) is 134 Å². The number of amides is 2. The van der Waals surface area contributed by atoms with Gasteiger partial charge in [-0.1, -0.05) is 78.9 Å². The second-order valence-corrected chi connectivity index (χ2v) is 18.8. The quantitative estimate of drug-likeness (QED) is 0.0368. The number of benzene rings is 6. The molecule has 8 aromatic rings. The molecule has 9 rings (SSSR count). The number of piperidine rings is 1. The second-order valence-electron chi connectivity index (χ2n) is 18.8. The first kappa shape index (κ1) is 52.4. The number of ether oxygens (including phenoxy) is 3. The van der Waals surface area contributed by atoms with E-state index in [-0.39, 0.29) is 49.5 Å². The molecule has 0 radical (unpaired) electrons. The highest BCUT2D eigenvalue weighted by Crippen LogP contribution is 2.21. The van der Waals surface area contributed by atoms with Gasteiger partial charge < -0.3 is 14.2 Å². The Hall–Kier alpha value is -8.42. The van der Waals surface area contributed by atoms with Crippen LogP contribution < -0.4 is 42.9 Å². The van der Waals surface area contributed by atoms with Gasteiger partial charge in [0.05, 0.1) is 41.5 Å². The molecule has 2 amide bonds. The van der Waals surface area contributed by atoms with Crippen LogP contribution in [0.1, 0.15) is 55.8 Å². The van der Waals surface area contributed by atoms with Crippen LogP contribution in [0.25, 0.3) is 21.8 Å². The molecule has 392 valence electrons. The molecule has 0 saturated carbocycles. The number of nitrogens with one attached hydrogen (secondary N) is 2. The van der Waals surface area contributed by atoms with E-state index in [0.29, 0.717) is 66.1 Å². The number of carbonyl (C=O) groups is 2. The summed E-state index contributed by atoms with van der Waals surface area (Å²) in [7, 11) is 0. The Bertz CT molecular complexity index is 3550. The summed E-state index contributed by atoms with van der Waals surface area (Å²) in [6.45, 7) is 5.10. The Morgan fingerprint density at radius 3 is 1.59 bits per heavy atom. The molecule has 18 heteroatoms. The van der Waals surface area contributed by atoms with Crippen LogP contribution in [0.2, 0.25) is 0 Å². The highest BCUT2D eigenvalue weighted by atomic mass is 16.5. The molecule has 1 aliphatic rings. The minimum absolute atomic E-state index is 0.146. The third-order valence-corrected chi connectivity index (χ3v) is 13.9. The van der Waals surface area contributed by atoms with E-state index in [2.05, 4.69) is 4.90 Å². The van der Waals surface area contributed by atoms with E-state index in [1.54, 1.807) is 111 Å². The molecular formula is C58H59N7O11. The number of para-hydroxylation sites is 1. The van der Waals surface area contributed by atoms with Crippen molar-refractivity contribution in [2.45, 2.75) is 51.9 Å². The third kappa shape index (κ3) is 12.6. The van der Waals surface area contributed by atoms with Crippen LogP contribution >= 0.6 is 0 Å². The fraction of sp³-hybridized carbons (Fsp3) is 0.276. The summed E-state index contributed by atoms with van der Waals surface area (Å²) in [6.07, 6.45) is 2.92. The van der Waals surface area contributed by atoms with E-state index in [1.165, 1.54) is 9.13 Å². The van der Waals surface area contributed by atoms with Crippen molar-refractivity contribution in [2.24, 2.45) is 5.92 Å². The zero-order chi connectivity index (χ0) is 53.0. The number of hydroxylamine groups is 2. The first-order valence-electron chi connectivity index (χ1n) is 25.3. The number of fused-ring (bicyclic) bond motifs is 2. The Morgan fingerprint density at radius 1 is 0.500 bits per heavy atom. The minimum atomic E-state index is -0.645. The average molecular weight is 1030 g/mol. The minimum Gasteiger partial charge on any atom is -0.492 e. The molecule has 76 heavy (non-hydrogen) atoms. The summed E-state index contributed by atoms with van der Waals surface area (Å²) in [5.74, 6) is 0.348. The fourth-order valence-corrected chi connectivity index (χ4v) is 9.60. The molecule has 3 heterocycles. The Labute approximate surface area is 436 Å². The number of aromatic nitrogens is 4. The second kappa shape index (κ2) is 24.7. The zero-order valence-corrected chi connectivity index (χ0v) is 41.8. The van der Waals surface area contributed by atoms with Gasteiger partial charge in [0.25, 0.3) is 22.9 Å². The number of nitrogens with zero attached hydrogens (tertiary/aromatic N) is 5. The molecule has 6 aromatic carbocycles. The number of likely N-dealkylation sites (tertiary alicyclic amines) is 1. The molecule has 0 spiro atoms. The molecule has 0 aliphatic carbocycles. The van der Waals surface area contributed by atoms with Crippen molar-refractivity contribution in [1.82, 2.24) is 34.1 Å². The van der Waals surface area contributed by atoms with Gasteiger partial charge in [-0.2, -0.15) is 0 Å². The fourth-order valence-electron chi connectivity index (χ4n) is 9.60. The molecule has 1 aliphatic heterocycles. The lowest BCUT2D eigenvalue weighted by Gasteiger charge is -2.31. The number of rotatable bonds is 22. The van der Waals surface area contributed by atoms with Gasteiger partial charge in [0.15, 0.2) is 0 Å². The normalized spacial score (nSPS) is 13.0. The summed E-state index contributed by atoms with van der Waals surface area (Å²) >= 11 is 0. The first-order valence-corrected chi connectivity index (χ1v) is 25.3. The average Bonchev–Trinajstić information content (AvgIpc) is 3.48. The van der Waals surface area contributed by atoms with Gasteiger partial charge >= 0.3 is 11.4 Å². The molecule has 1 saturated heterocycles. The summed E-state index contributed by atoms with van der Waals surface area (Å²) in [6, 6.07) is 42.5. The van der Waals surface area contributed by atoms with Crippen molar-refractivity contribution < 1.29 is 34.2 Å². The lowest BCUT2D eigenvalue weighted by Crippen LogP contribution is -2.40. The van der Waals surface area contributed by atoms with Crippen molar-refractivity contribution in [3.05, 3.63) is 221 Å². The summed E-state index contributed by atoms with van der Waals surface area (Å²) in [5, 5.41) is 18.8. The topological polar surface area (TPSA) is 218 Å². The van der Waals surface area contributed by atoms with Crippen LogP contribution in [0.15, 0.2) is 165 Å². The maximum Gasteiger partial charge on any atom is 0.331 e. The molecule has 0 atom stereocenters. The highest BCUT2D eigenvalue weighted by molar-refractivity contribution is 5.93. The standard InChI is InChI=1S/C58H59N7O11/c66-53(59-72)45-16-10-42(11-17-45)37-64-51-9-5-4-8-49(51)55(68)62(57(64)70)31-27-41-14-20-47(21-15-41)75-33-32-61-28-24-44(25-29-61)39-74-34-35-76-48-22-23-52-50(36-48)56(69)63(30-26-40-6-2-1-3-7-40)58(71)65(52)38-43-12-18-46(19-13-43)54(67)60-73/h1-23,36,44,72-73H,24-35,37-39H2,(H,59,66)(H,60,67). The summed E-state index contributed by atoms with van der Waals surface area (Å²) in [4.78, 5) is 81.3. The SMILES string of the molecule is O=C(NO)c1ccc(Cn2c(=O)n(CCc3ccc(OCCN4CCC(COCCOc5ccc6c(c5)c(=O)n(CCc5ccccc5)c(=O)n6Cc5ccc(C(=O)NO)cc5)CC4)cc3)c(=O)c3ccccc32)cc1. The third-order valence-electron chi connectivity index (χ3n) is 13.9. The van der Waals surface area contributed by atoms with E-state index in [1.807, 2.05) is 54.6 Å². The van der Waals surface area contributed by atoms with Gasteiger partial charge in [-0.3, -0.25) is 52.8 Å². The van der Waals surface area contributed by atoms with E-state index in [0.717, 1.165) is 60.5 Å².